The van der Waals surface area contributed by atoms with E-state index >= 15 is 0 Å². The maximum atomic E-state index is 3.74. The first-order chi connectivity index (χ1) is 7.75. The molecule has 0 aromatic rings. The highest BCUT2D eigenvalue weighted by molar-refractivity contribution is 4.79. The van der Waals surface area contributed by atoms with E-state index in [9.17, 15) is 0 Å². The molecule has 3 unspecified atom stereocenters. The van der Waals surface area contributed by atoms with Crippen molar-refractivity contribution in [2.45, 2.75) is 64.5 Å². The molecule has 1 saturated heterocycles. The summed E-state index contributed by atoms with van der Waals surface area (Å²) in [5.41, 5.74) is 0. The molecule has 94 valence electrons. The van der Waals surface area contributed by atoms with E-state index in [1.54, 1.807) is 0 Å². The zero-order valence-electron chi connectivity index (χ0n) is 11.0. The molecule has 2 aliphatic rings. The van der Waals surface area contributed by atoms with Crippen LogP contribution in [0.1, 0.15) is 52.4 Å². The third kappa shape index (κ3) is 3.46. The summed E-state index contributed by atoms with van der Waals surface area (Å²) in [4.78, 5) is 2.66. The topological polar surface area (TPSA) is 15.3 Å². The van der Waals surface area contributed by atoms with Crippen LogP contribution in [-0.4, -0.2) is 36.6 Å². The first kappa shape index (κ1) is 12.4. The van der Waals surface area contributed by atoms with E-state index in [1.807, 2.05) is 0 Å². The normalized spacial score (nSPS) is 36.8. The Morgan fingerprint density at radius 3 is 2.69 bits per heavy atom. The zero-order valence-corrected chi connectivity index (χ0v) is 11.0. The molecule has 2 fully saturated rings. The van der Waals surface area contributed by atoms with Crippen molar-refractivity contribution >= 4 is 0 Å². The van der Waals surface area contributed by atoms with Crippen molar-refractivity contribution in [3.8, 4) is 0 Å². The van der Waals surface area contributed by atoms with Crippen LogP contribution in [0.4, 0.5) is 0 Å². The van der Waals surface area contributed by atoms with Crippen molar-refractivity contribution < 1.29 is 0 Å². The van der Waals surface area contributed by atoms with Crippen LogP contribution in [0.15, 0.2) is 0 Å². The zero-order chi connectivity index (χ0) is 11.4. The SMILES string of the molecule is CC1CCC(NCCN2CCCCC2C)C1. The van der Waals surface area contributed by atoms with E-state index in [-0.39, 0.29) is 0 Å². The lowest BCUT2D eigenvalue weighted by Crippen LogP contribution is -2.42. The minimum atomic E-state index is 0.815. The molecular weight excluding hydrogens is 196 g/mol. The van der Waals surface area contributed by atoms with Gasteiger partial charge >= 0.3 is 0 Å². The minimum Gasteiger partial charge on any atom is -0.313 e. The monoisotopic (exact) mass is 224 g/mol. The fourth-order valence-electron chi connectivity index (χ4n) is 3.29. The number of piperidine rings is 1. The summed E-state index contributed by atoms with van der Waals surface area (Å²) < 4.78 is 0. The first-order valence-electron chi connectivity index (χ1n) is 7.23. The number of likely N-dealkylation sites (tertiary alicyclic amines) is 1. The maximum Gasteiger partial charge on any atom is 0.0110 e. The predicted molar refractivity (Wildman–Crippen MR) is 69.7 cm³/mol. The van der Waals surface area contributed by atoms with Gasteiger partial charge in [-0.2, -0.15) is 0 Å². The van der Waals surface area contributed by atoms with Gasteiger partial charge < -0.3 is 5.32 Å². The quantitative estimate of drug-likeness (QED) is 0.790. The Hall–Kier alpha value is -0.0800. The van der Waals surface area contributed by atoms with E-state index in [1.165, 1.54) is 58.2 Å². The molecule has 1 heterocycles. The van der Waals surface area contributed by atoms with E-state index in [0.717, 1.165) is 18.0 Å². The molecule has 1 saturated carbocycles. The highest BCUT2D eigenvalue weighted by Crippen LogP contribution is 2.24. The molecule has 3 atom stereocenters. The van der Waals surface area contributed by atoms with Gasteiger partial charge in [-0.3, -0.25) is 4.90 Å². The minimum absolute atomic E-state index is 0.815. The second-order valence-electron chi connectivity index (χ2n) is 5.95. The Bertz CT molecular complexity index is 205. The predicted octanol–water partition coefficient (Wildman–Crippen LogP) is 2.64. The van der Waals surface area contributed by atoms with Crippen LogP contribution >= 0.6 is 0 Å². The number of nitrogens with one attached hydrogen (secondary N) is 1. The fraction of sp³-hybridized carbons (Fsp3) is 1.00. The molecule has 0 spiro atoms. The van der Waals surface area contributed by atoms with E-state index in [4.69, 9.17) is 0 Å². The highest BCUT2D eigenvalue weighted by atomic mass is 15.2. The Morgan fingerprint density at radius 1 is 1.12 bits per heavy atom. The van der Waals surface area contributed by atoms with E-state index in [0.29, 0.717) is 0 Å². The van der Waals surface area contributed by atoms with E-state index in [2.05, 4.69) is 24.1 Å². The van der Waals surface area contributed by atoms with Gasteiger partial charge in [-0.15, -0.1) is 0 Å². The molecule has 0 amide bonds. The molecule has 0 bridgehead atoms. The maximum absolute atomic E-state index is 3.74. The summed E-state index contributed by atoms with van der Waals surface area (Å²) in [6.07, 6.45) is 8.47. The number of hydrogen-bond donors (Lipinski definition) is 1. The second-order valence-corrected chi connectivity index (χ2v) is 5.95. The Balaban J connectivity index is 1.60. The van der Waals surface area contributed by atoms with Gasteiger partial charge in [-0.1, -0.05) is 13.3 Å². The summed E-state index contributed by atoms with van der Waals surface area (Å²) in [6, 6.07) is 1.63. The number of hydrogen-bond acceptors (Lipinski definition) is 2. The van der Waals surface area contributed by atoms with Crippen LogP contribution in [0.2, 0.25) is 0 Å². The van der Waals surface area contributed by atoms with Crippen LogP contribution < -0.4 is 5.32 Å². The third-order valence-corrected chi connectivity index (χ3v) is 4.47. The molecule has 2 rings (SSSR count). The summed E-state index contributed by atoms with van der Waals surface area (Å²) >= 11 is 0. The van der Waals surface area contributed by atoms with Gasteiger partial charge in [0, 0.05) is 25.2 Å². The van der Waals surface area contributed by atoms with Gasteiger partial charge in [-0.25, -0.2) is 0 Å². The lowest BCUT2D eigenvalue weighted by atomic mass is 10.0. The Kier molecular flexibility index (Phi) is 4.66. The van der Waals surface area contributed by atoms with Crippen LogP contribution in [0.5, 0.6) is 0 Å². The Labute approximate surface area is 101 Å². The Morgan fingerprint density at radius 2 is 2.00 bits per heavy atom. The average molecular weight is 224 g/mol. The molecule has 1 aliphatic heterocycles. The molecular formula is C14H28N2. The van der Waals surface area contributed by atoms with Crippen LogP contribution in [-0.2, 0) is 0 Å². The molecule has 2 heteroatoms. The number of nitrogens with zero attached hydrogens (tertiary/aromatic N) is 1. The lowest BCUT2D eigenvalue weighted by molar-refractivity contribution is 0.160. The van der Waals surface area contributed by atoms with Crippen molar-refractivity contribution in [3.63, 3.8) is 0 Å². The van der Waals surface area contributed by atoms with Crippen molar-refractivity contribution in [1.82, 2.24) is 10.2 Å². The van der Waals surface area contributed by atoms with Gasteiger partial charge in [0.25, 0.3) is 0 Å². The second kappa shape index (κ2) is 6.02. The highest BCUT2D eigenvalue weighted by Gasteiger charge is 2.21. The van der Waals surface area contributed by atoms with Crippen molar-refractivity contribution in [2.75, 3.05) is 19.6 Å². The molecule has 16 heavy (non-hydrogen) atoms. The summed E-state index contributed by atoms with van der Waals surface area (Å²) in [7, 11) is 0. The average Bonchev–Trinajstić information content (AvgIpc) is 2.67. The smallest absolute Gasteiger partial charge is 0.0110 e. The van der Waals surface area contributed by atoms with Crippen LogP contribution in [0, 0.1) is 5.92 Å². The standard InChI is InChI=1S/C14H28N2/c1-12-6-7-14(11-12)15-8-10-16-9-4-3-5-13(16)2/h12-15H,3-11H2,1-2H3. The van der Waals surface area contributed by atoms with Crippen LogP contribution in [0.25, 0.3) is 0 Å². The van der Waals surface area contributed by atoms with E-state index < -0.39 is 0 Å². The molecule has 1 N–H and O–H groups in total. The summed E-state index contributed by atoms with van der Waals surface area (Å²) in [5.74, 6) is 0.950. The van der Waals surface area contributed by atoms with Crippen LogP contribution in [0.3, 0.4) is 0 Å². The molecule has 2 nitrogen and oxygen atoms in total. The van der Waals surface area contributed by atoms with Gasteiger partial charge in [0.1, 0.15) is 0 Å². The van der Waals surface area contributed by atoms with Gasteiger partial charge in [0.05, 0.1) is 0 Å². The first-order valence-corrected chi connectivity index (χ1v) is 7.23. The van der Waals surface area contributed by atoms with Gasteiger partial charge in [-0.05, 0) is 51.5 Å². The number of rotatable bonds is 4. The third-order valence-electron chi connectivity index (χ3n) is 4.47. The van der Waals surface area contributed by atoms with Gasteiger partial charge in [0.2, 0.25) is 0 Å². The molecule has 1 aliphatic carbocycles. The van der Waals surface area contributed by atoms with Crippen molar-refractivity contribution in [2.24, 2.45) is 5.92 Å². The fourth-order valence-corrected chi connectivity index (χ4v) is 3.29. The summed E-state index contributed by atoms with van der Waals surface area (Å²) in [5, 5.41) is 3.74. The molecule has 0 radical (unpaired) electrons. The van der Waals surface area contributed by atoms with Gasteiger partial charge in [0.15, 0.2) is 0 Å². The lowest BCUT2D eigenvalue weighted by Gasteiger charge is -2.33. The molecule has 0 aromatic carbocycles. The van der Waals surface area contributed by atoms with Crippen molar-refractivity contribution in [3.05, 3.63) is 0 Å². The largest absolute Gasteiger partial charge is 0.313 e. The van der Waals surface area contributed by atoms with Crippen molar-refractivity contribution in [1.29, 1.82) is 0 Å². The summed E-state index contributed by atoms with van der Waals surface area (Å²) in [6.45, 7) is 8.54. The molecule has 0 aromatic heterocycles.